The number of thiophene rings is 1. The molecule has 0 fully saturated rings. The Morgan fingerprint density at radius 2 is 1.94 bits per heavy atom. The Morgan fingerprint density at radius 3 is 2.61 bits per heavy atom. The monoisotopic (exact) mass is 456 g/mol. The van der Waals surface area contributed by atoms with Crippen molar-refractivity contribution in [1.82, 2.24) is 5.32 Å². The maximum Gasteiger partial charge on any atom is 0.331 e. The number of rotatable bonds is 8. The van der Waals surface area contributed by atoms with Crippen LogP contribution in [0.4, 0.5) is 5.69 Å². The average Bonchev–Trinajstić information content (AvgIpc) is 3.30. The molecule has 0 aliphatic carbocycles. The fraction of sp³-hybridized carbons (Fsp3) is 0.0909. The van der Waals surface area contributed by atoms with E-state index in [-0.39, 0.29) is 16.8 Å². The average molecular weight is 457 g/mol. The highest BCUT2D eigenvalue weighted by molar-refractivity contribution is 7.10. The van der Waals surface area contributed by atoms with Gasteiger partial charge in [0.1, 0.15) is 5.02 Å². The zero-order chi connectivity index (χ0) is 22.2. The quantitative estimate of drug-likeness (QED) is 0.228. The number of hydrogen-bond donors (Lipinski definition) is 1. The number of nitrogens with one attached hydrogen (secondary N) is 1. The summed E-state index contributed by atoms with van der Waals surface area (Å²) in [4.78, 5) is 35.6. The van der Waals surface area contributed by atoms with E-state index in [0.29, 0.717) is 5.56 Å². The van der Waals surface area contributed by atoms with Crippen molar-refractivity contribution in [2.75, 3.05) is 6.61 Å². The Labute approximate surface area is 187 Å². The lowest BCUT2D eigenvalue weighted by Gasteiger charge is -2.18. The van der Waals surface area contributed by atoms with E-state index in [1.807, 2.05) is 47.8 Å². The van der Waals surface area contributed by atoms with Crippen molar-refractivity contribution in [1.29, 1.82) is 0 Å². The van der Waals surface area contributed by atoms with Gasteiger partial charge in [0, 0.05) is 17.0 Å². The van der Waals surface area contributed by atoms with Crippen LogP contribution in [0.1, 0.15) is 22.0 Å². The van der Waals surface area contributed by atoms with E-state index >= 15 is 0 Å². The molecule has 158 valence electrons. The highest BCUT2D eigenvalue weighted by Gasteiger charge is 2.18. The highest BCUT2D eigenvalue weighted by atomic mass is 35.5. The number of carbonyl (C=O) groups is 2. The van der Waals surface area contributed by atoms with Crippen molar-refractivity contribution < 1.29 is 19.2 Å². The number of esters is 1. The second kappa shape index (κ2) is 10.5. The van der Waals surface area contributed by atoms with Gasteiger partial charge < -0.3 is 10.1 Å². The van der Waals surface area contributed by atoms with Crippen LogP contribution in [0.3, 0.4) is 0 Å². The molecule has 1 amide bonds. The van der Waals surface area contributed by atoms with Crippen molar-refractivity contribution in [3.63, 3.8) is 0 Å². The third kappa shape index (κ3) is 6.24. The molecule has 0 spiro atoms. The van der Waals surface area contributed by atoms with Crippen LogP contribution in [0.5, 0.6) is 0 Å². The molecule has 31 heavy (non-hydrogen) atoms. The third-order valence-electron chi connectivity index (χ3n) is 4.19. The zero-order valence-corrected chi connectivity index (χ0v) is 17.6. The smallest absolute Gasteiger partial charge is 0.331 e. The van der Waals surface area contributed by atoms with Crippen molar-refractivity contribution in [3.8, 4) is 0 Å². The van der Waals surface area contributed by atoms with E-state index in [9.17, 15) is 19.7 Å². The van der Waals surface area contributed by atoms with Crippen molar-refractivity contribution in [3.05, 3.63) is 103 Å². The molecule has 1 atom stereocenters. The number of nitrogens with zero attached hydrogens (tertiary/aromatic N) is 1. The largest absolute Gasteiger partial charge is 0.452 e. The van der Waals surface area contributed by atoms with Crippen LogP contribution >= 0.6 is 22.9 Å². The van der Waals surface area contributed by atoms with Gasteiger partial charge in [0.05, 0.1) is 11.0 Å². The second-order valence-electron chi connectivity index (χ2n) is 6.34. The van der Waals surface area contributed by atoms with Crippen LogP contribution in [0, 0.1) is 10.1 Å². The minimum Gasteiger partial charge on any atom is -0.452 e. The summed E-state index contributed by atoms with van der Waals surface area (Å²) in [6.45, 7) is -0.460. The normalized spacial score (nSPS) is 11.8. The van der Waals surface area contributed by atoms with Crippen LogP contribution in [0.15, 0.2) is 72.1 Å². The first kappa shape index (κ1) is 22.2. The third-order valence-corrected chi connectivity index (χ3v) is 5.45. The number of ether oxygens (including phenoxy) is 1. The standard InChI is InChI=1S/C22H17ClN2O5S/c23-17-10-8-15(13-18(17)25(28)29)9-11-21(27)30-14-20(26)24-22(19-7-4-12-31-19)16-5-2-1-3-6-16/h1-13,22H,14H2,(H,24,26)/b11-9+. The Kier molecular flexibility index (Phi) is 7.53. The molecule has 0 aliphatic heterocycles. The molecule has 1 aromatic heterocycles. The highest BCUT2D eigenvalue weighted by Crippen LogP contribution is 2.26. The molecule has 3 rings (SSSR count). The number of amides is 1. The molecule has 1 unspecified atom stereocenters. The van der Waals surface area contributed by atoms with Crippen LogP contribution in [-0.2, 0) is 14.3 Å². The van der Waals surface area contributed by atoms with E-state index in [0.717, 1.165) is 16.5 Å². The summed E-state index contributed by atoms with van der Waals surface area (Å²) in [5.74, 6) is -1.20. The van der Waals surface area contributed by atoms with Gasteiger partial charge in [-0.1, -0.05) is 54.1 Å². The molecule has 0 aliphatic rings. The SMILES string of the molecule is O=C(COC(=O)/C=C/c1ccc(Cl)c([N+](=O)[O-])c1)NC(c1ccccc1)c1cccs1. The van der Waals surface area contributed by atoms with Crippen LogP contribution in [0.2, 0.25) is 5.02 Å². The van der Waals surface area contributed by atoms with Crippen molar-refractivity contribution in [2.24, 2.45) is 0 Å². The van der Waals surface area contributed by atoms with Gasteiger partial charge in [-0.3, -0.25) is 14.9 Å². The number of hydrogen-bond acceptors (Lipinski definition) is 6. The molecule has 1 N–H and O–H groups in total. The zero-order valence-electron chi connectivity index (χ0n) is 16.1. The van der Waals surface area contributed by atoms with Gasteiger partial charge in [-0.15, -0.1) is 11.3 Å². The summed E-state index contributed by atoms with van der Waals surface area (Å²) in [6.07, 6.45) is 2.44. The summed E-state index contributed by atoms with van der Waals surface area (Å²) in [5.41, 5.74) is 1.05. The molecule has 3 aromatic rings. The maximum absolute atomic E-state index is 12.4. The first-order valence-corrected chi connectivity index (χ1v) is 10.4. The lowest BCUT2D eigenvalue weighted by atomic mass is 10.1. The number of nitro benzene ring substituents is 1. The molecule has 9 heteroatoms. The van der Waals surface area contributed by atoms with E-state index in [2.05, 4.69) is 5.32 Å². The molecule has 0 radical (unpaired) electrons. The molecule has 7 nitrogen and oxygen atoms in total. The van der Waals surface area contributed by atoms with Gasteiger partial charge in [-0.25, -0.2) is 4.79 Å². The topological polar surface area (TPSA) is 98.5 Å². The van der Waals surface area contributed by atoms with Crippen LogP contribution in [0.25, 0.3) is 6.08 Å². The first-order chi connectivity index (χ1) is 14.9. The second-order valence-corrected chi connectivity index (χ2v) is 7.72. The minimum absolute atomic E-state index is 0.000101. The number of halogens is 1. The van der Waals surface area contributed by atoms with E-state index in [1.165, 1.54) is 35.6 Å². The molecule has 0 bridgehead atoms. The van der Waals surface area contributed by atoms with Gasteiger partial charge in [0.2, 0.25) is 0 Å². The first-order valence-electron chi connectivity index (χ1n) is 9.10. The van der Waals surface area contributed by atoms with Crippen molar-refractivity contribution >= 4 is 46.6 Å². The van der Waals surface area contributed by atoms with Gasteiger partial charge in [-0.2, -0.15) is 0 Å². The van der Waals surface area contributed by atoms with Gasteiger partial charge >= 0.3 is 5.97 Å². The Balaban J connectivity index is 1.58. The molecular formula is C22H17ClN2O5S. The predicted molar refractivity (Wildman–Crippen MR) is 119 cm³/mol. The summed E-state index contributed by atoms with van der Waals surface area (Å²) < 4.78 is 4.99. The fourth-order valence-corrected chi connectivity index (χ4v) is 3.73. The lowest BCUT2D eigenvalue weighted by molar-refractivity contribution is -0.384. The maximum atomic E-state index is 12.4. The Morgan fingerprint density at radius 1 is 1.16 bits per heavy atom. The van der Waals surface area contributed by atoms with Crippen LogP contribution in [-0.4, -0.2) is 23.4 Å². The molecule has 1 heterocycles. The lowest BCUT2D eigenvalue weighted by Crippen LogP contribution is -2.32. The number of nitro groups is 1. The molecule has 0 saturated carbocycles. The van der Waals surface area contributed by atoms with Crippen molar-refractivity contribution in [2.45, 2.75) is 6.04 Å². The van der Waals surface area contributed by atoms with Crippen LogP contribution < -0.4 is 5.32 Å². The minimum atomic E-state index is -0.750. The fourth-order valence-electron chi connectivity index (χ4n) is 2.74. The number of carbonyl (C=O) groups excluding carboxylic acids is 2. The number of benzene rings is 2. The summed E-state index contributed by atoms with van der Waals surface area (Å²) >= 11 is 7.27. The summed E-state index contributed by atoms with van der Waals surface area (Å²) in [7, 11) is 0. The van der Waals surface area contributed by atoms with Gasteiger partial charge in [0.25, 0.3) is 11.6 Å². The summed E-state index contributed by atoms with van der Waals surface area (Å²) in [6, 6.07) is 17.1. The van der Waals surface area contributed by atoms with Gasteiger partial charge in [0.15, 0.2) is 6.61 Å². The summed E-state index contributed by atoms with van der Waals surface area (Å²) in [5, 5.41) is 15.7. The Bertz CT molecular complexity index is 1100. The van der Waals surface area contributed by atoms with Gasteiger partial charge in [-0.05, 0) is 34.7 Å². The van der Waals surface area contributed by atoms with E-state index in [4.69, 9.17) is 16.3 Å². The molecular weight excluding hydrogens is 440 g/mol. The molecule has 0 saturated heterocycles. The predicted octanol–water partition coefficient (Wildman–Crippen LogP) is 4.77. The van der Waals surface area contributed by atoms with E-state index < -0.39 is 23.4 Å². The molecule has 2 aromatic carbocycles. The Hall–Kier alpha value is -3.49. The van der Waals surface area contributed by atoms with E-state index in [1.54, 1.807) is 0 Å².